The summed E-state index contributed by atoms with van der Waals surface area (Å²) in [6.07, 6.45) is 2.09. The fourth-order valence-electron chi connectivity index (χ4n) is 3.44. The predicted octanol–water partition coefficient (Wildman–Crippen LogP) is 5.70. The number of benzene rings is 2. The monoisotopic (exact) mass is 439 g/mol. The van der Waals surface area contributed by atoms with Crippen LogP contribution < -0.4 is 9.64 Å². The lowest BCUT2D eigenvalue weighted by Gasteiger charge is -2.12. The summed E-state index contributed by atoms with van der Waals surface area (Å²) in [5, 5.41) is 0.224. The SMILES string of the molecule is CCC(C)CCOc1ccc(/C(Cl)=C2/C(=O)N(C(C)=O)c3ccc(C(C)=O)cc32)cc1. The predicted molar refractivity (Wildman–Crippen MR) is 123 cm³/mol. The molecule has 0 radical (unpaired) electrons. The summed E-state index contributed by atoms with van der Waals surface area (Å²) in [6, 6.07) is 12.0. The molecule has 0 saturated heterocycles. The molecule has 6 heteroatoms. The zero-order valence-corrected chi connectivity index (χ0v) is 19.0. The number of carbonyl (C=O) groups is 3. The van der Waals surface area contributed by atoms with Crippen LogP contribution in [0.25, 0.3) is 10.6 Å². The third-order valence-corrected chi connectivity index (χ3v) is 5.96. The lowest BCUT2D eigenvalue weighted by atomic mass is 10.00. The minimum atomic E-state index is -0.498. The number of fused-ring (bicyclic) bond motifs is 1. The Kier molecular flexibility index (Phi) is 6.96. The molecule has 0 N–H and O–H groups in total. The number of amides is 2. The Morgan fingerprint density at radius 2 is 1.71 bits per heavy atom. The van der Waals surface area contributed by atoms with Crippen molar-refractivity contribution in [3.63, 3.8) is 0 Å². The molecule has 162 valence electrons. The van der Waals surface area contributed by atoms with Gasteiger partial charge in [0.15, 0.2) is 5.78 Å². The largest absolute Gasteiger partial charge is 0.494 e. The van der Waals surface area contributed by atoms with Crippen molar-refractivity contribution in [2.24, 2.45) is 5.92 Å². The van der Waals surface area contributed by atoms with Crippen LogP contribution in [-0.2, 0) is 9.59 Å². The third-order valence-electron chi connectivity index (χ3n) is 5.55. The van der Waals surface area contributed by atoms with Gasteiger partial charge in [-0.05, 0) is 67.3 Å². The molecule has 1 unspecified atom stereocenters. The van der Waals surface area contributed by atoms with E-state index in [0.29, 0.717) is 34.9 Å². The summed E-state index contributed by atoms with van der Waals surface area (Å²) < 4.78 is 5.79. The maximum absolute atomic E-state index is 13.1. The minimum Gasteiger partial charge on any atom is -0.494 e. The van der Waals surface area contributed by atoms with E-state index in [2.05, 4.69) is 13.8 Å². The normalized spacial score (nSPS) is 15.5. The van der Waals surface area contributed by atoms with Crippen molar-refractivity contribution in [2.75, 3.05) is 11.5 Å². The highest BCUT2D eigenvalue weighted by atomic mass is 35.5. The van der Waals surface area contributed by atoms with Crippen LogP contribution in [0.4, 0.5) is 5.69 Å². The van der Waals surface area contributed by atoms with Crippen molar-refractivity contribution in [1.82, 2.24) is 0 Å². The number of nitrogens with zero attached hydrogens (tertiary/aromatic N) is 1. The van der Waals surface area contributed by atoms with Crippen LogP contribution in [0.2, 0.25) is 0 Å². The molecule has 0 aromatic heterocycles. The van der Waals surface area contributed by atoms with Gasteiger partial charge < -0.3 is 4.74 Å². The Labute approximate surface area is 187 Å². The van der Waals surface area contributed by atoms with Crippen molar-refractivity contribution in [1.29, 1.82) is 0 Å². The van der Waals surface area contributed by atoms with Crippen molar-refractivity contribution in [2.45, 2.75) is 40.5 Å². The van der Waals surface area contributed by atoms with Gasteiger partial charge in [-0.15, -0.1) is 0 Å². The first-order valence-electron chi connectivity index (χ1n) is 10.4. The second-order valence-corrected chi connectivity index (χ2v) is 8.19. The van der Waals surface area contributed by atoms with E-state index < -0.39 is 11.8 Å². The van der Waals surface area contributed by atoms with E-state index in [-0.39, 0.29) is 16.4 Å². The summed E-state index contributed by atoms with van der Waals surface area (Å²) in [4.78, 5) is 38.1. The molecule has 2 amide bonds. The molecule has 31 heavy (non-hydrogen) atoms. The van der Waals surface area contributed by atoms with E-state index in [0.717, 1.165) is 23.5 Å². The van der Waals surface area contributed by atoms with E-state index in [1.165, 1.54) is 13.8 Å². The average molecular weight is 440 g/mol. The van der Waals surface area contributed by atoms with Crippen LogP contribution in [0, 0.1) is 5.92 Å². The maximum Gasteiger partial charge on any atom is 0.267 e. The van der Waals surface area contributed by atoms with Crippen molar-refractivity contribution < 1.29 is 19.1 Å². The van der Waals surface area contributed by atoms with Gasteiger partial charge in [0.2, 0.25) is 5.91 Å². The fraction of sp³-hybridized carbons (Fsp3) is 0.320. The summed E-state index contributed by atoms with van der Waals surface area (Å²) in [5.74, 6) is 0.291. The van der Waals surface area contributed by atoms with Crippen molar-refractivity contribution >= 4 is 45.5 Å². The molecule has 0 fully saturated rings. The van der Waals surface area contributed by atoms with Gasteiger partial charge in [-0.3, -0.25) is 14.4 Å². The average Bonchev–Trinajstić information content (AvgIpc) is 3.04. The fourth-order valence-corrected chi connectivity index (χ4v) is 3.74. The first kappa shape index (κ1) is 22.8. The number of hydrogen-bond donors (Lipinski definition) is 0. The first-order chi connectivity index (χ1) is 14.7. The van der Waals surface area contributed by atoms with Crippen molar-refractivity contribution in [3.8, 4) is 5.75 Å². The van der Waals surface area contributed by atoms with Gasteiger partial charge in [-0.2, -0.15) is 0 Å². The highest BCUT2D eigenvalue weighted by molar-refractivity contribution is 6.60. The lowest BCUT2D eigenvalue weighted by molar-refractivity contribution is -0.122. The van der Waals surface area contributed by atoms with Gasteiger partial charge >= 0.3 is 0 Å². The minimum absolute atomic E-state index is 0.133. The van der Waals surface area contributed by atoms with E-state index in [9.17, 15) is 14.4 Å². The van der Waals surface area contributed by atoms with Crippen LogP contribution in [0.1, 0.15) is 62.0 Å². The molecule has 1 aliphatic rings. The lowest BCUT2D eigenvalue weighted by Crippen LogP contribution is -2.31. The Morgan fingerprint density at radius 1 is 1.06 bits per heavy atom. The Bertz CT molecular complexity index is 1060. The summed E-state index contributed by atoms with van der Waals surface area (Å²) in [6.45, 7) is 7.76. The van der Waals surface area contributed by atoms with Gasteiger partial charge in [-0.25, -0.2) is 4.90 Å². The zero-order valence-electron chi connectivity index (χ0n) is 18.2. The Morgan fingerprint density at radius 3 is 2.29 bits per heavy atom. The smallest absolute Gasteiger partial charge is 0.267 e. The van der Waals surface area contributed by atoms with Crippen LogP contribution >= 0.6 is 11.6 Å². The molecule has 1 heterocycles. The molecule has 1 atom stereocenters. The number of halogens is 1. The quantitative estimate of drug-likeness (QED) is 0.409. The summed E-state index contributed by atoms with van der Waals surface area (Å²) in [7, 11) is 0. The van der Waals surface area contributed by atoms with Crippen molar-refractivity contribution in [3.05, 3.63) is 59.2 Å². The third kappa shape index (κ3) is 4.72. The molecule has 3 rings (SSSR count). The molecule has 0 bridgehead atoms. The molecule has 1 aliphatic heterocycles. The van der Waals surface area contributed by atoms with Crippen LogP contribution in [0.3, 0.4) is 0 Å². The zero-order chi connectivity index (χ0) is 22.7. The number of carbonyl (C=O) groups excluding carboxylic acids is 3. The number of anilines is 1. The van der Waals surface area contributed by atoms with Crippen LogP contribution in [-0.4, -0.2) is 24.2 Å². The first-order valence-corrected chi connectivity index (χ1v) is 10.8. The number of rotatable bonds is 7. The molecule has 0 saturated carbocycles. The topological polar surface area (TPSA) is 63.7 Å². The number of Topliss-reactive ketones (excluding diaryl/α,β-unsaturated/α-hetero) is 1. The highest BCUT2D eigenvalue weighted by Crippen LogP contribution is 2.43. The van der Waals surface area contributed by atoms with Gasteiger partial charge in [0.25, 0.3) is 5.91 Å². The van der Waals surface area contributed by atoms with E-state index in [1.54, 1.807) is 30.3 Å². The summed E-state index contributed by atoms with van der Waals surface area (Å²) in [5.41, 5.74) is 2.20. The van der Waals surface area contributed by atoms with Gasteiger partial charge in [0.1, 0.15) is 5.75 Å². The molecule has 0 spiro atoms. The van der Waals surface area contributed by atoms with E-state index in [1.807, 2.05) is 12.1 Å². The van der Waals surface area contributed by atoms with E-state index >= 15 is 0 Å². The highest BCUT2D eigenvalue weighted by Gasteiger charge is 2.37. The van der Waals surface area contributed by atoms with Gasteiger partial charge in [0, 0.05) is 18.1 Å². The van der Waals surface area contributed by atoms with E-state index in [4.69, 9.17) is 16.3 Å². The van der Waals surface area contributed by atoms with Crippen LogP contribution in [0.5, 0.6) is 5.75 Å². The molecule has 5 nitrogen and oxygen atoms in total. The molecule has 2 aromatic carbocycles. The van der Waals surface area contributed by atoms with Crippen LogP contribution in [0.15, 0.2) is 42.5 Å². The Hall–Kier alpha value is -2.92. The van der Waals surface area contributed by atoms with Gasteiger partial charge in [0.05, 0.1) is 22.9 Å². The number of ether oxygens (including phenoxy) is 1. The number of imide groups is 1. The standard InChI is InChI=1S/C25H26ClNO4/c1-5-15(2)12-13-31-20-9-6-18(7-10-20)24(26)23-21-14-19(16(3)28)8-11-22(21)27(17(4)29)25(23)30/h6-11,14-15H,5,12-13H2,1-4H3/b24-23-. The molecule has 0 aliphatic carbocycles. The molecular formula is C25H26ClNO4. The second kappa shape index (κ2) is 9.48. The second-order valence-electron chi connectivity index (χ2n) is 7.81. The Balaban J connectivity index is 1.95. The summed E-state index contributed by atoms with van der Waals surface area (Å²) >= 11 is 6.65. The molecule has 2 aromatic rings. The number of ketones is 1. The van der Waals surface area contributed by atoms with Gasteiger partial charge in [-0.1, -0.05) is 31.9 Å². The maximum atomic E-state index is 13.1. The number of hydrogen-bond acceptors (Lipinski definition) is 4. The molecular weight excluding hydrogens is 414 g/mol.